The summed E-state index contributed by atoms with van der Waals surface area (Å²) in [6, 6.07) is 11.5. The van der Waals surface area contributed by atoms with Crippen molar-refractivity contribution in [2.75, 3.05) is 7.11 Å². The fourth-order valence-corrected chi connectivity index (χ4v) is 4.03. The molecule has 0 saturated carbocycles. The zero-order valence-corrected chi connectivity index (χ0v) is 19.6. The van der Waals surface area contributed by atoms with E-state index in [-0.39, 0.29) is 21.2 Å². The van der Waals surface area contributed by atoms with E-state index in [2.05, 4.69) is 31.0 Å². The molecule has 2 heterocycles. The second-order valence-corrected chi connectivity index (χ2v) is 8.14. The van der Waals surface area contributed by atoms with Crippen molar-refractivity contribution >= 4 is 29.1 Å². The number of hydrogen-bond acceptors (Lipinski definition) is 7. The Morgan fingerprint density at radius 1 is 1.18 bits per heavy atom. The van der Waals surface area contributed by atoms with Crippen molar-refractivity contribution < 1.29 is 9.53 Å². The van der Waals surface area contributed by atoms with Gasteiger partial charge in [-0.3, -0.25) is 9.59 Å². The summed E-state index contributed by atoms with van der Waals surface area (Å²) in [4.78, 5) is 25.5. The molecule has 12 heteroatoms. The van der Waals surface area contributed by atoms with Crippen molar-refractivity contribution in [3.05, 3.63) is 86.0 Å². The lowest BCUT2D eigenvalue weighted by Gasteiger charge is -2.17. The van der Waals surface area contributed by atoms with E-state index >= 15 is 0 Å². The van der Waals surface area contributed by atoms with E-state index in [0.717, 1.165) is 5.56 Å². The van der Waals surface area contributed by atoms with Gasteiger partial charge in [0.1, 0.15) is 0 Å². The van der Waals surface area contributed by atoms with Crippen LogP contribution in [0, 0.1) is 0 Å². The van der Waals surface area contributed by atoms with Crippen LogP contribution in [-0.4, -0.2) is 43.4 Å². The number of aromatic amines is 1. The zero-order chi connectivity index (χ0) is 24.2. The molecule has 2 N–H and O–H groups in total. The molecule has 0 bridgehead atoms. The van der Waals surface area contributed by atoms with Crippen molar-refractivity contribution in [1.29, 1.82) is 0 Å². The molecule has 0 aliphatic rings. The molecule has 0 saturated heterocycles. The number of aromatic nitrogens is 6. The number of hydrogen-bond donors (Lipinski definition) is 2. The summed E-state index contributed by atoms with van der Waals surface area (Å²) in [7, 11) is 3.06. The standard InChI is InChI=1S/C22H19Cl2N7O3/c1-31-22(33)18(17(34-2)11-25-31)13-8-6-12(7-9-13)10-16(20-27-29-30-28-20)26-21(32)19-14(23)4-3-5-15(19)24/h3-9,11,16H,10H2,1-2H3,(H,26,32)(H,27,28,29,30)/t16-/m0/s1. The fraction of sp³-hybridized carbons (Fsp3) is 0.182. The molecule has 0 spiro atoms. The molecule has 4 rings (SSSR count). The Hall–Kier alpha value is -3.76. The van der Waals surface area contributed by atoms with Gasteiger partial charge in [0.15, 0.2) is 11.6 Å². The predicted molar refractivity (Wildman–Crippen MR) is 126 cm³/mol. The van der Waals surface area contributed by atoms with Crippen LogP contribution in [0.5, 0.6) is 5.75 Å². The average Bonchev–Trinajstić information content (AvgIpc) is 3.36. The topological polar surface area (TPSA) is 128 Å². The summed E-state index contributed by atoms with van der Waals surface area (Å²) in [6.45, 7) is 0. The van der Waals surface area contributed by atoms with Gasteiger partial charge in [-0.25, -0.2) is 9.78 Å². The Labute approximate surface area is 203 Å². The minimum Gasteiger partial charge on any atom is -0.494 e. The van der Waals surface area contributed by atoms with Gasteiger partial charge in [0.25, 0.3) is 11.5 Å². The molecule has 10 nitrogen and oxygen atoms in total. The van der Waals surface area contributed by atoms with Crippen LogP contribution in [0.4, 0.5) is 0 Å². The monoisotopic (exact) mass is 499 g/mol. The van der Waals surface area contributed by atoms with E-state index in [9.17, 15) is 9.59 Å². The second kappa shape index (κ2) is 10.0. The first-order valence-corrected chi connectivity index (χ1v) is 10.8. The first kappa shape index (κ1) is 23.4. The third-order valence-electron chi connectivity index (χ3n) is 5.19. The van der Waals surface area contributed by atoms with Crippen molar-refractivity contribution in [1.82, 2.24) is 35.7 Å². The summed E-state index contributed by atoms with van der Waals surface area (Å²) in [5.74, 6) is 0.286. The van der Waals surface area contributed by atoms with Gasteiger partial charge in [0.2, 0.25) is 0 Å². The number of ether oxygens (including phenoxy) is 1. The summed E-state index contributed by atoms with van der Waals surface area (Å²) in [6.07, 6.45) is 1.85. The molecular weight excluding hydrogens is 481 g/mol. The highest BCUT2D eigenvalue weighted by atomic mass is 35.5. The van der Waals surface area contributed by atoms with Gasteiger partial charge in [0.05, 0.1) is 40.5 Å². The Morgan fingerprint density at radius 3 is 2.50 bits per heavy atom. The van der Waals surface area contributed by atoms with Crippen molar-refractivity contribution in [2.45, 2.75) is 12.5 Å². The van der Waals surface area contributed by atoms with Crippen LogP contribution in [0.3, 0.4) is 0 Å². The molecule has 0 aliphatic heterocycles. The minimum atomic E-state index is -0.593. The molecule has 0 fully saturated rings. The van der Waals surface area contributed by atoms with Crippen LogP contribution in [0.2, 0.25) is 10.0 Å². The van der Waals surface area contributed by atoms with Gasteiger partial charge in [-0.2, -0.15) is 5.10 Å². The molecule has 34 heavy (non-hydrogen) atoms. The van der Waals surface area contributed by atoms with Crippen LogP contribution < -0.4 is 15.6 Å². The number of aryl methyl sites for hydroxylation is 1. The zero-order valence-electron chi connectivity index (χ0n) is 18.1. The largest absolute Gasteiger partial charge is 0.494 e. The molecule has 2 aromatic carbocycles. The maximum Gasteiger partial charge on any atom is 0.278 e. The smallest absolute Gasteiger partial charge is 0.278 e. The number of nitrogens with one attached hydrogen (secondary N) is 2. The number of tetrazole rings is 1. The average molecular weight is 500 g/mol. The van der Waals surface area contributed by atoms with Crippen molar-refractivity contribution in [3.63, 3.8) is 0 Å². The Bertz CT molecular complexity index is 1350. The van der Waals surface area contributed by atoms with Gasteiger partial charge in [-0.15, -0.1) is 5.10 Å². The van der Waals surface area contributed by atoms with Gasteiger partial charge >= 0.3 is 0 Å². The number of halogens is 2. The van der Waals surface area contributed by atoms with Crippen LogP contribution in [0.25, 0.3) is 11.1 Å². The SMILES string of the molecule is COc1cnn(C)c(=O)c1-c1ccc(C[C@H](NC(=O)c2c(Cl)cccc2Cl)c2nnn[nH]2)cc1. The number of carbonyl (C=O) groups is 1. The van der Waals surface area contributed by atoms with Crippen LogP contribution in [0.1, 0.15) is 27.8 Å². The lowest BCUT2D eigenvalue weighted by molar-refractivity contribution is 0.0935. The lowest BCUT2D eigenvalue weighted by Crippen LogP contribution is -2.31. The molecule has 4 aromatic rings. The first-order valence-electron chi connectivity index (χ1n) is 10.1. The van der Waals surface area contributed by atoms with Crippen molar-refractivity contribution in [3.8, 4) is 16.9 Å². The Kier molecular flexibility index (Phi) is 6.90. The second-order valence-electron chi connectivity index (χ2n) is 7.33. The molecule has 1 amide bonds. The molecule has 0 aliphatic carbocycles. The molecule has 174 valence electrons. The summed E-state index contributed by atoms with van der Waals surface area (Å²) in [5, 5.41) is 21.2. The van der Waals surface area contributed by atoms with E-state index in [1.807, 2.05) is 12.1 Å². The molecule has 0 unspecified atom stereocenters. The van der Waals surface area contributed by atoms with Gasteiger partial charge in [-0.1, -0.05) is 53.5 Å². The first-order chi connectivity index (χ1) is 16.4. The van der Waals surface area contributed by atoms with Crippen LogP contribution in [0.15, 0.2) is 53.5 Å². The van der Waals surface area contributed by atoms with Gasteiger partial charge < -0.3 is 10.1 Å². The number of methoxy groups -OCH3 is 1. The lowest BCUT2D eigenvalue weighted by atomic mass is 10.0. The predicted octanol–water partition coefficient (Wildman–Crippen LogP) is 2.99. The van der Waals surface area contributed by atoms with E-state index in [1.165, 1.54) is 18.0 Å². The Balaban J connectivity index is 1.61. The maximum atomic E-state index is 12.9. The van der Waals surface area contributed by atoms with Gasteiger partial charge in [-0.05, 0) is 33.7 Å². The number of rotatable bonds is 7. The van der Waals surface area contributed by atoms with Crippen LogP contribution >= 0.6 is 23.2 Å². The molecule has 2 aromatic heterocycles. The van der Waals surface area contributed by atoms with E-state index in [4.69, 9.17) is 27.9 Å². The van der Waals surface area contributed by atoms with E-state index in [0.29, 0.717) is 29.1 Å². The molecule has 1 atom stereocenters. The number of benzene rings is 2. The summed E-state index contributed by atoms with van der Waals surface area (Å²) in [5.41, 5.74) is 1.83. The number of nitrogens with zero attached hydrogens (tertiary/aromatic N) is 5. The van der Waals surface area contributed by atoms with E-state index in [1.54, 1.807) is 37.4 Å². The minimum absolute atomic E-state index is 0.166. The highest BCUT2D eigenvalue weighted by Gasteiger charge is 2.23. The maximum absolute atomic E-state index is 12.9. The molecule has 0 radical (unpaired) electrons. The summed E-state index contributed by atoms with van der Waals surface area (Å²) >= 11 is 12.4. The number of carbonyl (C=O) groups excluding carboxylic acids is 1. The Morgan fingerprint density at radius 2 is 1.88 bits per heavy atom. The van der Waals surface area contributed by atoms with Crippen molar-refractivity contribution in [2.24, 2.45) is 7.05 Å². The highest BCUT2D eigenvalue weighted by molar-refractivity contribution is 6.39. The third kappa shape index (κ3) is 4.78. The molecular formula is C22H19Cl2N7O3. The third-order valence-corrected chi connectivity index (χ3v) is 5.82. The summed E-state index contributed by atoms with van der Waals surface area (Å²) < 4.78 is 6.56. The number of amides is 1. The van der Waals surface area contributed by atoms with E-state index < -0.39 is 11.9 Å². The van der Waals surface area contributed by atoms with Gasteiger partial charge in [0, 0.05) is 13.5 Å². The highest BCUT2D eigenvalue weighted by Crippen LogP contribution is 2.28. The fourth-order valence-electron chi connectivity index (χ4n) is 3.46. The quantitative estimate of drug-likeness (QED) is 0.399. The van der Waals surface area contributed by atoms with Crippen LogP contribution in [-0.2, 0) is 13.5 Å². The normalized spacial score (nSPS) is 11.8. The number of H-pyrrole nitrogens is 1.